The van der Waals surface area contributed by atoms with E-state index in [9.17, 15) is 4.79 Å². The molecule has 0 saturated heterocycles. The number of benzene rings is 1. The van der Waals surface area contributed by atoms with Crippen LogP contribution in [0.15, 0.2) is 24.3 Å². The van der Waals surface area contributed by atoms with Crippen molar-refractivity contribution in [2.45, 2.75) is 3.23 Å². The maximum Gasteiger partial charge on any atom is 0.337 e. The smallest absolute Gasteiger partial charge is 0.337 e. The van der Waals surface area contributed by atoms with Crippen LogP contribution in [0.25, 0.3) is 10.1 Å². The van der Waals surface area contributed by atoms with Crippen LogP contribution >= 0.6 is 43.4 Å². The highest BCUT2D eigenvalue weighted by Gasteiger charge is 2.38. The molecule has 0 amide bonds. The number of carboxylic acid groups (broad SMARTS) is 1. The van der Waals surface area contributed by atoms with Crippen molar-refractivity contribution in [2.24, 2.45) is 0 Å². The first kappa shape index (κ1) is 11.0. The summed E-state index contributed by atoms with van der Waals surface area (Å²) in [7, 11) is 0. The molecule has 0 radical (unpaired) electrons. The summed E-state index contributed by atoms with van der Waals surface area (Å²) in [6.07, 6.45) is 0. The zero-order valence-electron chi connectivity index (χ0n) is 7.28. The Kier molecular flexibility index (Phi) is 2.83. The predicted molar refractivity (Wildman–Crippen MR) is 66.8 cm³/mol. The maximum atomic E-state index is 11.0. The number of nitrogens with zero attached hydrogens (tertiary/aromatic N) is 1. The summed E-state index contributed by atoms with van der Waals surface area (Å²) in [5.41, 5.74) is 0.482. The van der Waals surface area contributed by atoms with Crippen molar-refractivity contribution in [3.05, 3.63) is 30.0 Å². The van der Waals surface area contributed by atoms with Crippen molar-refractivity contribution in [1.29, 1.82) is 0 Å². The van der Waals surface area contributed by atoms with E-state index in [-0.39, 0.29) is 0 Å². The molecule has 1 heterocycles. The molecule has 0 aliphatic carbocycles. The summed E-state index contributed by atoms with van der Waals surface area (Å²) < 4.78 is 3.82. The van der Waals surface area contributed by atoms with Crippen molar-refractivity contribution in [2.75, 3.05) is 0 Å². The van der Waals surface area contributed by atoms with Gasteiger partial charge in [-0.05, 0) is 17.6 Å². The molecule has 0 aliphatic rings. The lowest BCUT2D eigenvalue weighted by molar-refractivity contribution is -0.137. The van der Waals surface area contributed by atoms with Crippen LogP contribution < -0.4 is 0 Å². The van der Waals surface area contributed by atoms with E-state index in [1.165, 1.54) is 11.5 Å². The van der Waals surface area contributed by atoms with Crippen LogP contribution in [-0.4, -0.2) is 15.4 Å². The van der Waals surface area contributed by atoms with Crippen LogP contribution in [0.2, 0.25) is 0 Å². The van der Waals surface area contributed by atoms with Gasteiger partial charge in [-0.3, -0.25) is 0 Å². The van der Waals surface area contributed by atoms with E-state index in [0.29, 0.717) is 5.69 Å². The second kappa shape index (κ2) is 3.84. The van der Waals surface area contributed by atoms with Gasteiger partial charge in [0, 0.05) is 5.39 Å². The number of rotatable bonds is 2. The Labute approximate surface area is 107 Å². The van der Waals surface area contributed by atoms with Gasteiger partial charge in [-0.15, -0.1) is 0 Å². The Bertz CT molecular complexity index is 524. The zero-order chi connectivity index (χ0) is 11.1. The minimum atomic E-state index is -1.31. The molecule has 0 atom stereocenters. The summed E-state index contributed by atoms with van der Waals surface area (Å²) in [6.45, 7) is 0. The van der Waals surface area contributed by atoms with Crippen LogP contribution in [0, 0.1) is 0 Å². The third-order valence-corrected chi connectivity index (χ3v) is 4.20. The second-order valence-corrected chi connectivity index (χ2v) is 7.16. The van der Waals surface area contributed by atoms with Crippen molar-refractivity contribution < 1.29 is 9.90 Å². The molecular formula is C9H5Br2NO2S. The predicted octanol–water partition coefficient (Wildman–Crippen LogP) is 3.32. The number of fused-ring (bicyclic) bond motifs is 1. The van der Waals surface area contributed by atoms with Gasteiger partial charge in [-0.2, -0.15) is 4.37 Å². The molecule has 1 N–H and O–H groups in total. The van der Waals surface area contributed by atoms with Gasteiger partial charge in [-0.1, -0.05) is 50.1 Å². The Hall–Kier alpha value is -0.460. The zero-order valence-corrected chi connectivity index (χ0v) is 11.3. The molecule has 78 valence electrons. The number of aliphatic carboxylic acids is 1. The van der Waals surface area contributed by atoms with E-state index >= 15 is 0 Å². The first-order chi connectivity index (χ1) is 7.03. The van der Waals surface area contributed by atoms with Gasteiger partial charge in [-0.25, -0.2) is 4.79 Å². The largest absolute Gasteiger partial charge is 0.479 e. The van der Waals surface area contributed by atoms with E-state index < -0.39 is 9.20 Å². The second-order valence-electron chi connectivity index (χ2n) is 2.91. The fourth-order valence-electron chi connectivity index (χ4n) is 1.21. The molecule has 15 heavy (non-hydrogen) atoms. The van der Waals surface area contributed by atoms with E-state index in [0.717, 1.165) is 10.1 Å². The highest BCUT2D eigenvalue weighted by molar-refractivity contribution is 9.25. The van der Waals surface area contributed by atoms with E-state index in [1.807, 2.05) is 24.3 Å². The van der Waals surface area contributed by atoms with Gasteiger partial charge in [0.1, 0.15) is 5.69 Å². The molecule has 1 aromatic carbocycles. The van der Waals surface area contributed by atoms with Gasteiger partial charge in [0.15, 0.2) is 0 Å². The molecule has 0 spiro atoms. The van der Waals surface area contributed by atoms with Crippen molar-refractivity contribution >= 4 is 59.4 Å². The average Bonchev–Trinajstić information content (AvgIpc) is 2.61. The van der Waals surface area contributed by atoms with Crippen LogP contribution in [0.5, 0.6) is 0 Å². The van der Waals surface area contributed by atoms with E-state index in [2.05, 4.69) is 36.2 Å². The average molecular weight is 351 g/mol. The number of hydrogen-bond donors (Lipinski definition) is 1. The van der Waals surface area contributed by atoms with Crippen LogP contribution in [0.4, 0.5) is 0 Å². The normalized spacial score (nSPS) is 11.9. The highest BCUT2D eigenvalue weighted by Crippen LogP contribution is 2.42. The van der Waals surface area contributed by atoms with Crippen molar-refractivity contribution in [3.8, 4) is 0 Å². The lowest BCUT2D eigenvalue weighted by Gasteiger charge is -2.12. The maximum absolute atomic E-state index is 11.0. The fraction of sp³-hybridized carbons (Fsp3) is 0.111. The number of aromatic nitrogens is 1. The Morgan fingerprint density at radius 3 is 2.73 bits per heavy atom. The van der Waals surface area contributed by atoms with Gasteiger partial charge in [0.25, 0.3) is 0 Å². The van der Waals surface area contributed by atoms with Crippen LogP contribution in [0.1, 0.15) is 5.69 Å². The number of carboxylic acids is 1. The number of carbonyl (C=O) groups is 1. The van der Waals surface area contributed by atoms with Crippen LogP contribution in [0.3, 0.4) is 0 Å². The third-order valence-electron chi connectivity index (χ3n) is 1.94. The molecule has 3 nitrogen and oxygen atoms in total. The van der Waals surface area contributed by atoms with Gasteiger partial charge in [0.05, 0.1) is 4.70 Å². The fourth-order valence-corrected chi connectivity index (χ4v) is 2.88. The topological polar surface area (TPSA) is 50.2 Å². The quantitative estimate of drug-likeness (QED) is 0.845. The summed E-state index contributed by atoms with van der Waals surface area (Å²) in [5.74, 6) is -1.02. The van der Waals surface area contributed by atoms with Crippen molar-refractivity contribution in [1.82, 2.24) is 4.37 Å². The molecule has 2 aromatic rings. The van der Waals surface area contributed by atoms with Gasteiger partial charge >= 0.3 is 5.97 Å². The minimum absolute atomic E-state index is 0.482. The Morgan fingerprint density at radius 1 is 1.40 bits per heavy atom. The SMILES string of the molecule is O=C(O)C(Br)(Br)c1nsc2ccccc12. The summed E-state index contributed by atoms with van der Waals surface area (Å²) in [4.78, 5) is 11.0. The first-order valence-electron chi connectivity index (χ1n) is 3.99. The molecule has 0 fully saturated rings. The van der Waals surface area contributed by atoms with E-state index in [1.54, 1.807) is 0 Å². The lowest BCUT2D eigenvalue weighted by Crippen LogP contribution is -2.22. The molecular weight excluding hydrogens is 346 g/mol. The molecule has 0 unspecified atom stereocenters. The summed E-state index contributed by atoms with van der Waals surface area (Å²) >= 11 is 7.52. The molecule has 6 heteroatoms. The first-order valence-corrected chi connectivity index (χ1v) is 6.35. The van der Waals surface area contributed by atoms with Gasteiger partial charge in [0.2, 0.25) is 3.23 Å². The Balaban J connectivity index is 2.67. The highest BCUT2D eigenvalue weighted by atomic mass is 79.9. The molecule has 0 aliphatic heterocycles. The minimum Gasteiger partial charge on any atom is -0.479 e. The lowest BCUT2D eigenvalue weighted by atomic mass is 10.2. The van der Waals surface area contributed by atoms with Gasteiger partial charge < -0.3 is 5.11 Å². The number of alkyl halides is 2. The standard InChI is InChI=1S/C9H5Br2NO2S/c10-9(11,8(13)14)7-5-3-1-2-4-6(5)15-12-7/h1-4H,(H,13,14). The summed E-state index contributed by atoms with van der Waals surface area (Å²) in [6, 6.07) is 7.52. The molecule has 0 saturated carbocycles. The van der Waals surface area contributed by atoms with Crippen LogP contribution in [-0.2, 0) is 8.03 Å². The van der Waals surface area contributed by atoms with Crippen molar-refractivity contribution in [3.63, 3.8) is 0 Å². The molecule has 2 rings (SSSR count). The Morgan fingerprint density at radius 2 is 2.07 bits per heavy atom. The summed E-state index contributed by atoms with van der Waals surface area (Å²) in [5, 5.41) is 9.89. The number of hydrogen-bond acceptors (Lipinski definition) is 3. The third kappa shape index (κ3) is 1.81. The monoisotopic (exact) mass is 349 g/mol. The van der Waals surface area contributed by atoms with E-state index in [4.69, 9.17) is 5.11 Å². The molecule has 1 aromatic heterocycles. The molecule has 0 bridgehead atoms. The number of halogens is 2.